The summed E-state index contributed by atoms with van der Waals surface area (Å²) in [6, 6.07) is 3.83. The van der Waals surface area contributed by atoms with Crippen LogP contribution in [0.4, 0.5) is 13.2 Å². The molecular weight excluding hydrogens is 383 g/mol. The van der Waals surface area contributed by atoms with E-state index in [0.29, 0.717) is 12.3 Å². The van der Waals surface area contributed by atoms with Gasteiger partial charge in [-0.2, -0.15) is 18.2 Å². The molecule has 1 aliphatic rings. The highest BCUT2D eigenvalue weighted by molar-refractivity contribution is 5.59. The van der Waals surface area contributed by atoms with Gasteiger partial charge in [0.25, 0.3) is 0 Å². The van der Waals surface area contributed by atoms with Gasteiger partial charge in [-0.15, -0.1) is 0 Å². The Bertz CT molecular complexity index is 812. The fourth-order valence-electron chi connectivity index (χ4n) is 3.20. The number of benzene rings is 1. The number of ether oxygens (including phenoxy) is 1. The molecule has 1 aromatic carbocycles. The van der Waals surface area contributed by atoms with Gasteiger partial charge >= 0.3 is 6.18 Å². The molecule has 1 atom stereocenters. The van der Waals surface area contributed by atoms with Gasteiger partial charge in [0.2, 0.25) is 11.7 Å². The molecule has 1 fully saturated rings. The van der Waals surface area contributed by atoms with E-state index in [9.17, 15) is 13.2 Å². The average molecular weight is 409 g/mol. The largest absolute Gasteiger partial charge is 0.493 e. The van der Waals surface area contributed by atoms with Crippen molar-refractivity contribution >= 4 is 0 Å². The van der Waals surface area contributed by atoms with Crippen molar-refractivity contribution in [1.29, 1.82) is 0 Å². The lowest BCUT2D eigenvalue weighted by molar-refractivity contribution is -0.138. The molecule has 0 spiro atoms. The van der Waals surface area contributed by atoms with E-state index in [1.54, 1.807) is 0 Å². The van der Waals surface area contributed by atoms with Crippen LogP contribution in [0.3, 0.4) is 0 Å². The maximum absolute atomic E-state index is 13.5. The maximum atomic E-state index is 13.5. The molecule has 3 rings (SSSR count). The van der Waals surface area contributed by atoms with Gasteiger partial charge in [0, 0.05) is 5.56 Å². The van der Waals surface area contributed by atoms with E-state index in [0.717, 1.165) is 44.7 Å². The molecule has 2 heterocycles. The van der Waals surface area contributed by atoms with Gasteiger partial charge in [-0.1, -0.05) is 37.1 Å². The van der Waals surface area contributed by atoms with Gasteiger partial charge in [-0.25, -0.2) is 0 Å². The van der Waals surface area contributed by atoms with Crippen molar-refractivity contribution in [1.82, 2.24) is 15.5 Å². The number of halogens is 3. The first-order valence-electron chi connectivity index (χ1n) is 10.1. The Morgan fingerprint density at radius 1 is 1.28 bits per heavy atom. The fourth-order valence-corrected chi connectivity index (χ4v) is 3.20. The molecule has 0 unspecified atom stereocenters. The fraction of sp³-hybridized carbons (Fsp3) is 0.524. The third-order valence-electron chi connectivity index (χ3n) is 4.78. The number of nitrogens with one attached hydrogen (secondary N) is 1. The standard InChI is InChI=1S/C21H26F3N3O2/c1-2-3-4-5-6-7-13-28-18-11-10-15(14-16(18)21(22,23)24)19-26-20(29-27-19)17-9-8-12-25-17/h5-6,10-11,14,17,25H,2-4,7-9,12-13H2,1H3/b6-5-/t17-/m0/s1. The summed E-state index contributed by atoms with van der Waals surface area (Å²) in [5.74, 6) is 0.357. The number of allylic oxidation sites excluding steroid dienone is 1. The first-order chi connectivity index (χ1) is 14.0. The lowest BCUT2D eigenvalue weighted by Crippen LogP contribution is -2.13. The summed E-state index contributed by atoms with van der Waals surface area (Å²) >= 11 is 0. The van der Waals surface area contributed by atoms with E-state index < -0.39 is 11.7 Å². The number of rotatable bonds is 9. The molecule has 158 valence electrons. The topological polar surface area (TPSA) is 60.2 Å². The van der Waals surface area contributed by atoms with Crippen molar-refractivity contribution < 1.29 is 22.4 Å². The summed E-state index contributed by atoms with van der Waals surface area (Å²) in [5, 5.41) is 7.08. The smallest absolute Gasteiger partial charge is 0.419 e. The summed E-state index contributed by atoms with van der Waals surface area (Å²) in [6.07, 6.45) is 5.06. The van der Waals surface area contributed by atoms with E-state index in [1.165, 1.54) is 12.1 Å². The Hall–Kier alpha value is -2.35. The zero-order valence-electron chi connectivity index (χ0n) is 16.5. The third-order valence-corrected chi connectivity index (χ3v) is 4.78. The second kappa shape index (κ2) is 9.91. The van der Waals surface area contributed by atoms with Crippen LogP contribution in [0.1, 0.15) is 62.9 Å². The van der Waals surface area contributed by atoms with Gasteiger partial charge in [0.05, 0.1) is 18.2 Å². The van der Waals surface area contributed by atoms with Crippen LogP contribution in [0.15, 0.2) is 34.9 Å². The van der Waals surface area contributed by atoms with E-state index in [-0.39, 0.29) is 29.8 Å². The number of alkyl halides is 3. The Morgan fingerprint density at radius 2 is 2.10 bits per heavy atom. The monoisotopic (exact) mass is 409 g/mol. The van der Waals surface area contributed by atoms with Crippen LogP contribution in [-0.2, 0) is 6.18 Å². The minimum Gasteiger partial charge on any atom is -0.493 e. The Balaban J connectivity index is 1.70. The molecule has 29 heavy (non-hydrogen) atoms. The second-order valence-corrected chi connectivity index (χ2v) is 7.06. The quantitative estimate of drug-likeness (QED) is 0.426. The molecule has 0 amide bonds. The minimum atomic E-state index is -4.54. The van der Waals surface area contributed by atoms with Gasteiger partial charge in [0.15, 0.2) is 0 Å². The summed E-state index contributed by atoms with van der Waals surface area (Å²) in [6.45, 7) is 3.16. The zero-order valence-corrected chi connectivity index (χ0v) is 16.5. The molecule has 0 bridgehead atoms. The molecule has 2 aromatic rings. The van der Waals surface area contributed by atoms with E-state index >= 15 is 0 Å². The summed E-state index contributed by atoms with van der Waals surface area (Å²) < 4.78 is 51.3. The van der Waals surface area contributed by atoms with Crippen LogP contribution in [0.5, 0.6) is 5.75 Å². The Morgan fingerprint density at radius 3 is 2.83 bits per heavy atom. The first-order valence-corrected chi connectivity index (χ1v) is 10.1. The van der Waals surface area contributed by atoms with Crippen LogP contribution >= 0.6 is 0 Å². The number of hydrogen-bond donors (Lipinski definition) is 1. The van der Waals surface area contributed by atoms with E-state index in [4.69, 9.17) is 9.26 Å². The molecule has 5 nitrogen and oxygen atoms in total. The lowest BCUT2D eigenvalue weighted by atomic mass is 10.1. The van der Waals surface area contributed by atoms with Crippen molar-refractivity contribution in [2.24, 2.45) is 0 Å². The predicted molar refractivity (Wildman–Crippen MR) is 103 cm³/mol. The van der Waals surface area contributed by atoms with Crippen molar-refractivity contribution in [3.63, 3.8) is 0 Å². The van der Waals surface area contributed by atoms with Crippen molar-refractivity contribution in [3.8, 4) is 17.1 Å². The highest BCUT2D eigenvalue weighted by atomic mass is 19.4. The molecule has 8 heteroatoms. The highest BCUT2D eigenvalue weighted by Crippen LogP contribution is 2.38. The zero-order chi connectivity index (χ0) is 20.7. The first kappa shape index (κ1) is 21.4. The molecule has 1 aromatic heterocycles. The van der Waals surface area contributed by atoms with Crippen LogP contribution in [0.2, 0.25) is 0 Å². The maximum Gasteiger partial charge on any atom is 0.419 e. The predicted octanol–water partition coefficient (Wildman–Crippen LogP) is 5.70. The highest BCUT2D eigenvalue weighted by Gasteiger charge is 2.35. The molecular formula is C21H26F3N3O2. The van der Waals surface area contributed by atoms with Crippen LogP contribution in [0.25, 0.3) is 11.4 Å². The number of aromatic nitrogens is 2. The number of nitrogens with zero attached hydrogens (tertiary/aromatic N) is 2. The normalized spacial score (nSPS) is 17.3. The summed E-state index contributed by atoms with van der Waals surface area (Å²) in [5.41, 5.74) is -0.590. The van der Waals surface area contributed by atoms with Crippen LogP contribution < -0.4 is 10.1 Å². The van der Waals surface area contributed by atoms with Gasteiger partial charge in [-0.05, 0) is 50.4 Å². The van der Waals surface area contributed by atoms with E-state index in [2.05, 4.69) is 22.4 Å². The molecule has 0 aliphatic carbocycles. The van der Waals surface area contributed by atoms with Crippen molar-refractivity contribution in [2.75, 3.05) is 13.2 Å². The van der Waals surface area contributed by atoms with Gasteiger partial charge in [0.1, 0.15) is 5.75 Å². The Labute approximate surface area is 168 Å². The summed E-state index contributed by atoms with van der Waals surface area (Å²) in [7, 11) is 0. The Kier molecular flexibility index (Phi) is 7.30. The number of hydrogen-bond acceptors (Lipinski definition) is 5. The summed E-state index contributed by atoms with van der Waals surface area (Å²) in [4.78, 5) is 4.27. The van der Waals surface area contributed by atoms with Crippen LogP contribution in [-0.4, -0.2) is 23.3 Å². The molecule has 1 aliphatic heterocycles. The second-order valence-electron chi connectivity index (χ2n) is 7.06. The molecule has 0 radical (unpaired) electrons. The third kappa shape index (κ3) is 5.82. The molecule has 1 saturated heterocycles. The minimum absolute atomic E-state index is 0.0358. The van der Waals surface area contributed by atoms with Crippen molar-refractivity contribution in [2.45, 2.75) is 57.7 Å². The average Bonchev–Trinajstić information content (AvgIpc) is 3.38. The van der Waals surface area contributed by atoms with Gasteiger partial charge < -0.3 is 14.6 Å². The molecule has 0 saturated carbocycles. The van der Waals surface area contributed by atoms with Gasteiger partial charge in [-0.3, -0.25) is 0 Å². The number of unbranched alkanes of at least 4 members (excludes halogenated alkanes) is 2. The van der Waals surface area contributed by atoms with E-state index in [1.807, 2.05) is 12.2 Å². The molecule has 1 N–H and O–H groups in total. The van der Waals surface area contributed by atoms with Crippen LogP contribution in [0, 0.1) is 0 Å². The van der Waals surface area contributed by atoms with Crippen molar-refractivity contribution in [3.05, 3.63) is 41.8 Å². The lowest BCUT2D eigenvalue weighted by Gasteiger charge is -2.14. The SMILES string of the molecule is CCCC/C=C\CCOc1ccc(-c2noc([C@@H]3CCCN3)n2)cc1C(F)(F)F.